The highest BCUT2D eigenvalue weighted by Crippen LogP contribution is 2.05. The molecule has 1 heterocycles. The van der Waals surface area contributed by atoms with Crippen molar-refractivity contribution < 1.29 is 4.39 Å². The molecule has 0 aliphatic rings. The summed E-state index contributed by atoms with van der Waals surface area (Å²) in [5.74, 6) is 0.407. The molecule has 6 heteroatoms. The minimum Gasteiger partial charge on any atom is -0.362 e. The van der Waals surface area contributed by atoms with E-state index in [1.165, 1.54) is 12.1 Å². The number of benzene rings is 1. The molecule has 2 rings (SSSR count). The van der Waals surface area contributed by atoms with Crippen molar-refractivity contribution in [1.29, 1.82) is 0 Å². The van der Waals surface area contributed by atoms with Crippen LogP contribution in [-0.4, -0.2) is 21.6 Å². The standard InChI is InChI=1S/C14H15FN4S/c15-12-5-3-11(4-6-12)2-1-7-18-14(20)19-13-10-16-8-9-17-13/h3-6,8-10H,1-2,7H2,(H2,17,18,19,20). The van der Waals surface area contributed by atoms with E-state index in [4.69, 9.17) is 12.2 Å². The van der Waals surface area contributed by atoms with Gasteiger partial charge in [-0.2, -0.15) is 0 Å². The summed E-state index contributed by atoms with van der Waals surface area (Å²) in [6.45, 7) is 0.740. The highest BCUT2D eigenvalue weighted by molar-refractivity contribution is 7.80. The molecule has 0 radical (unpaired) electrons. The number of rotatable bonds is 5. The monoisotopic (exact) mass is 290 g/mol. The van der Waals surface area contributed by atoms with Crippen LogP contribution in [0.3, 0.4) is 0 Å². The van der Waals surface area contributed by atoms with E-state index in [-0.39, 0.29) is 5.82 Å². The van der Waals surface area contributed by atoms with Gasteiger partial charge in [0.05, 0.1) is 6.20 Å². The average Bonchev–Trinajstić information content (AvgIpc) is 2.46. The van der Waals surface area contributed by atoms with Crippen molar-refractivity contribution in [2.75, 3.05) is 11.9 Å². The first-order valence-corrected chi connectivity index (χ1v) is 6.70. The second-order valence-electron chi connectivity index (χ2n) is 4.20. The Morgan fingerprint density at radius 2 is 2.00 bits per heavy atom. The lowest BCUT2D eigenvalue weighted by molar-refractivity contribution is 0.626. The fraction of sp³-hybridized carbons (Fsp3) is 0.214. The highest BCUT2D eigenvalue weighted by Gasteiger charge is 1.98. The van der Waals surface area contributed by atoms with Crippen LogP contribution < -0.4 is 10.6 Å². The maximum absolute atomic E-state index is 12.7. The lowest BCUT2D eigenvalue weighted by Gasteiger charge is -2.09. The molecule has 104 valence electrons. The normalized spacial score (nSPS) is 10.1. The average molecular weight is 290 g/mol. The summed E-state index contributed by atoms with van der Waals surface area (Å²) in [6.07, 6.45) is 6.59. The third kappa shape index (κ3) is 4.89. The van der Waals surface area contributed by atoms with Crippen LogP contribution in [0.25, 0.3) is 0 Å². The van der Waals surface area contributed by atoms with Crippen molar-refractivity contribution in [3.8, 4) is 0 Å². The van der Waals surface area contributed by atoms with Gasteiger partial charge >= 0.3 is 0 Å². The van der Waals surface area contributed by atoms with E-state index < -0.39 is 0 Å². The van der Waals surface area contributed by atoms with Gasteiger partial charge in [0.25, 0.3) is 0 Å². The van der Waals surface area contributed by atoms with Crippen molar-refractivity contribution in [2.24, 2.45) is 0 Å². The first-order valence-electron chi connectivity index (χ1n) is 6.29. The Hall–Kier alpha value is -2.08. The Bertz CT molecular complexity index is 545. The summed E-state index contributed by atoms with van der Waals surface area (Å²) in [5.41, 5.74) is 1.11. The molecule has 0 atom stereocenters. The Kier molecular flexibility index (Phi) is 5.37. The van der Waals surface area contributed by atoms with Gasteiger partial charge in [0, 0.05) is 18.9 Å². The van der Waals surface area contributed by atoms with Gasteiger partial charge in [0.2, 0.25) is 0 Å². The number of nitrogens with one attached hydrogen (secondary N) is 2. The fourth-order valence-electron chi connectivity index (χ4n) is 1.67. The molecule has 20 heavy (non-hydrogen) atoms. The number of aromatic nitrogens is 2. The van der Waals surface area contributed by atoms with Gasteiger partial charge in [-0.25, -0.2) is 9.37 Å². The summed E-state index contributed by atoms with van der Waals surface area (Å²) in [7, 11) is 0. The zero-order valence-corrected chi connectivity index (χ0v) is 11.7. The van der Waals surface area contributed by atoms with Crippen LogP contribution in [0.2, 0.25) is 0 Å². The summed E-state index contributed by atoms with van der Waals surface area (Å²) in [4.78, 5) is 8.00. The maximum Gasteiger partial charge on any atom is 0.171 e. The van der Waals surface area contributed by atoms with Gasteiger partial charge in [-0.1, -0.05) is 12.1 Å². The van der Waals surface area contributed by atoms with Crippen molar-refractivity contribution in [3.63, 3.8) is 0 Å². The van der Waals surface area contributed by atoms with Crippen LogP contribution >= 0.6 is 12.2 Å². The molecule has 0 bridgehead atoms. The molecule has 0 aliphatic heterocycles. The van der Waals surface area contributed by atoms with Crippen molar-refractivity contribution in [3.05, 3.63) is 54.2 Å². The second kappa shape index (κ2) is 7.49. The first-order chi connectivity index (χ1) is 9.74. The minimum absolute atomic E-state index is 0.207. The molecule has 0 fully saturated rings. The van der Waals surface area contributed by atoms with Crippen LogP contribution in [0.1, 0.15) is 12.0 Å². The van der Waals surface area contributed by atoms with E-state index in [0.29, 0.717) is 10.9 Å². The van der Waals surface area contributed by atoms with Crippen LogP contribution in [0.5, 0.6) is 0 Å². The molecular weight excluding hydrogens is 275 g/mol. The van der Waals surface area contributed by atoms with Crippen LogP contribution in [0, 0.1) is 5.82 Å². The van der Waals surface area contributed by atoms with E-state index in [2.05, 4.69) is 20.6 Å². The summed E-state index contributed by atoms with van der Waals surface area (Å²) < 4.78 is 12.7. The number of hydrogen-bond acceptors (Lipinski definition) is 3. The van der Waals surface area contributed by atoms with E-state index in [0.717, 1.165) is 24.9 Å². The molecule has 1 aromatic heterocycles. The molecule has 0 aliphatic carbocycles. The lowest BCUT2D eigenvalue weighted by atomic mass is 10.1. The SMILES string of the molecule is Fc1ccc(CCCNC(=S)Nc2cnccn2)cc1. The quantitative estimate of drug-likeness (QED) is 0.654. The van der Waals surface area contributed by atoms with Gasteiger partial charge in [0.15, 0.2) is 10.9 Å². The largest absolute Gasteiger partial charge is 0.362 e. The number of aryl methyl sites for hydroxylation is 1. The number of nitrogens with zero attached hydrogens (tertiary/aromatic N) is 2. The zero-order chi connectivity index (χ0) is 14.2. The predicted octanol–water partition coefficient (Wildman–Crippen LogP) is 2.53. The molecule has 1 aromatic carbocycles. The van der Waals surface area contributed by atoms with E-state index in [9.17, 15) is 4.39 Å². The van der Waals surface area contributed by atoms with Gasteiger partial charge in [0.1, 0.15) is 5.82 Å². The number of thiocarbonyl (C=S) groups is 1. The molecule has 0 spiro atoms. The summed E-state index contributed by atoms with van der Waals surface area (Å²) >= 11 is 5.14. The fourth-order valence-corrected chi connectivity index (χ4v) is 1.88. The van der Waals surface area contributed by atoms with E-state index in [1.807, 2.05) is 0 Å². The minimum atomic E-state index is -0.207. The third-order valence-corrected chi connectivity index (χ3v) is 2.89. The Morgan fingerprint density at radius 1 is 1.20 bits per heavy atom. The van der Waals surface area contributed by atoms with Gasteiger partial charge in [-0.05, 0) is 42.8 Å². The molecule has 2 aromatic rings. The second-order valence-corrected chi connectivity index (χ2v) is 4.61. The number of halogens is 1. The molecule has 4 nitrogen and oxygen atoms in total. The highest BCUT2D eigenvalue weighted by atomic mass is 32.1. The predicted molar refractivity (Wildman–Crippen MR) is 81.0 cm³/mol. The lowest BCUT2D eigenvalue weighted by Crippen LogP contribution is -2.29. The van der Waals surface area contributed by atoms with Crippen LogP contribution in [-0.2, 0) is 6.42 Å². The zero-order valence-electron chi connectivity index (χ0n) is 10.8. The van der Waals surface area contributed by atoms with E-state index >= 15 is 0 Å². The summed E-state index contributed by atoms with van der Waals surface area (Å²) in [6, 6.07) is 6.54. The maximum atomic E-state index is 12.7. The van der Waals surface area contributed by atoms with Crippen LogP contribution in [0.15, 0.2) is 42.9 Å². The molecule has 0 unspecified atom stereocenters. The van der Waals surface area contributed by atoms with Gasteiger partial charge < -0.3 is 10.6 Å². The molecular formula is C14H15FN4S. The van der Waals surface area contributed by atoms with Gasteiger partial charge in [-0.15, -0.1) is 0 Å². The molecule has 0 saturated heterocycles. The van der Waals surface area contributed by atoms with Crippen molar-refractivity contribution >= 4 is 23.1 Å². The summed E-state index contributed by atoms with van der Waals surface area (Å²) in [5, 5.41) is 6.55. The van der Waals surface area contributed by atoms with Gasteiger partial charge in [-0.3, -0.25) is 4.98 Å². The van der Waals surface area contributed by atoms with Crippen molar-refractivity contribution in [2.45, 2.75) is 12.8 Å². The Morgan fingerprint density at radius 3 is 2.70 bits per heavy atom. The third-order valence-electron chi connectivity index (χ3n) is 2.65. The molecule has 2 N–H and O–H groups in total. The first kappa shape index (κ1) is 14.3. The number of hydrogen-bond donors (Lipinski definition) is 2. The van der Waals surface area contributed by atoms with Crippen LogP contribution in [0.4, 0.5) is 10.2 Å². The topological polar surface area (TPSA) is 49.8 Å². The smallest absolute Gasteiger partial charge is 0.171 e. The molecule has 0 saturated carbocycles. The van der Waals surface area contributed by atoms with Crippen molar-refractivity contribution in [1.82, 2.24) is 15.3 Å². The Labute approximate surface area is 122 Å². The Balaban J connectivity index is 1.66. The number of anilines is 1. The molecule has 0 amide bonds. The van der Waals surface area contributed by atoms with E-state index in [1.54, 1.807) is 30.7 Å².